The lowest BCUT2D eigenvalue weighted by molar-refractivity contribution is -0.308. The van der Waals surface area contributed by atoms with Crippen LogP contribution in [0.1, 0.15) is 67.6 Å². The number of carbonyl (C=O) groups is 3. The molecule has 0 aromatic heterocycles. The molecule has 0 saturated heterocycles. The van der Waals surface area contributed by atoms with Crippen molar-refractivity contribution < 1.29 is 24.6 Å². The van der Waals surface area contributed by atoms with E-state index in [-0.39, 0.29) is 26.2 Å². The molecule has 0 aliphatic carbocycles. The molecule has 2 rings (SSSR count). The van der Waals surface area contributed by atoms with E-state index in [4.69, 9.17) is 0 Å². The Morgan fingerprint density at radius 2 is 1.15 bits per heavy atom. The smallest absolute Gasteiger partial charge is 0.193 e. The topological polar surface area (TPSA) is 97.3 Å². The van der Waals surface area contributed by atoms with E-state index in [1.165, 1.54) is 32.0 Å². The predicted molar refractivity (Wildman–Crippen MR) is 96.6 cm³/mol. The molecule has 2 aromatic rings. The molecule has 0 aliphatic heterocycles. The van der Waals surface area contributed by atoms with Gasteiger partial charge < -0.3 is 19.8 Å². The van der Waals surface area contributed by atoms with E-state index >= 15 is 0 Å². The summed E-state index contributed by atoms with van der Waals surface area (Å²) in [7, 11) is 0. The summed E-state index contributed by atoms with van der Waals surface area (Å²) in [6.07, 6.45) is 0. The van der Waals surface area contributed by atoms with Crippen molar-refractivity contribution in [1.82, 2.24) is 0 Å². The third-order valence-corrected chi connectivity index (χ3v) is 3.98. The molecule has 0 spiro atoms. The molecule has 0 aliphatic rings. The van der Waals surface area contributed by atoms with Gasteiger partial charge in [0, 0.05) is 34.9 Å². The Bertz CT molecular complexity index is 742. The van der Waals surface area contributed by atoms with E-state index in [2.05, 4.69) is 0 Å². The molecule has 0 N–H and O–H groups in total. The van der Waals surface area contributed by atoms with Crippen LogP contribution in [0.25, 0.3) is 0 Å². The second kappa shape index (κ2) is 9.51. The fourth-order valence-corrected chi connectivity index (χ4v) is 2.34. The summed E-state index contributed by atoms with van der Waals surface area (Å²) in [5.74, 6) is -4.85. The van der Waals surface area contributed by atoms with Gasteiger partial charge in [-0.25, -0.2) is 0 Å². The van der Waals surface area contributed by atoms with Crippen molar-refractivity contribution in [2.45, 2.75) is 40.5 Å². The number of hydrogen-bond acceptors (Lipinski definition) is 5. The maximum atomic E-state index is 12.6. The highest BCUT2D eigenvalue weighted by Gasteiger charge is 2.17. The van der Waals surface area contributed by atoms with Crippen molar-refractivity contribution >= 4 is 17.7 Å². The molecule has 0 bridgehead atoms. The van der Waals surface area contributed by atoms with Crippen LogP contribution in [0, 0.1) is 0 Å². The van der Waals surface area contributed by atoms with Crippen molar-refractivity contribution in [3.63, 3.8) is 0 Å². The van der Waals surface area contributed by atoms with Gasteiger partial charge in [-0.15, -0.1) is 0 Å². The zero-order valence-electron chi connectivity index (χ0n) is 13.3. The highest BCUT2D eigenvalue weighted by molar-refractivity contribution is 6.09. The van der Waals surface area contributed by atoms with E-state index in [1.807, 2.05) is 0 Å². The number of carboxylic acid groups (broad SMARTS) is 2. The van der Waals surface area contributed by atoms with Gasteiger partial charge in [0.2, 0.25) is 0 Å². The summed E-state index contributed by atoms with van der Waals surface area (Å²) >= 11 is 0. The van der Waals surface area contributed by atoms with Gasteiger partial charge in [0.15, 0.2) is 5.78 Å². The van der Waals surface area contributed by atoms with Crippen molar-refractivity contribution in [3.05, 3.63) is 70.8 Å². The van der Waals surface area contributed by atoms with Crippen LogP contribution >= 0.6 is 0 Å². The fraction of sp³-hybridized carbons (Fsp3) is 0.286. The number of aliphatic carboxylic acids is 2. The highest BCUT2D eigenvalue weighted by atomic mass is 16.4. The molecule has 0 radical (unpaired) electrons. The minimum Gasteiger partial charge on any atom is -0.550 e. The van der Waals surface area contributed by atoms with Crippen LogP contribution in [0.4, 0.5) is 0 Å². The SMILES string of the molecule is C.C.CC(C(=O)[O-])c1cc(C(=O)c2ccccc2)cc(C(C)C(=O)[O-])c1. The van der Waals surface area contributed by atoms with Crippen molar-refractivity contribution in [2.24, 2.45) is 0 Å². The Morgan fingerprint density at radius 3 is 1.54 bits per heavy atom. The number of benzene rings is 2. The van der Waals surface area contributed by atoms with Gasteiger partial charge in [-0.05, 0) is 23.3 Å². The van der Waals surface area contributed by atoms with Gasteiger partial charge >= 0.3 is 0 Å². The molecule has 5 heteroatoms. The molecule has 140 valence electrons. The van der Waals surface area contributed by atoms with Crippen LogP contribution in [0.2, 0.25) is 0 Å². The Labute approximate surface area is 154 Å². The van der Waals surface area contributed by atoms with Gasteiger partial charge in [0.25, 0.3) is 0 Å². The van der Waals surface area contributed by atoms with E-state index in [9.17, 15) is 24.6 Å². The number of ketones is 1. The molecule has 26 heavy (non-hydrogen) atoms. The number of carbonyl (C=O) groups excluding carboxylic acids is 3. The molecular weight excluding hydrogens is 332 g/mol. The Kier molecular flexibility index (Phi) is 8.43. The molecule has 2 atom stereocenters. The van der Waals surface area contributed by atoms with Gasteiger partial charge in [0.05, 0.1) is 0 Å². The van der Waals surface area contributed by atoms with Crippen LogP contribution in [0.15, 0.2) is 48.5 Å². The first kappa shape index (κ1) is 23.1. The average molecular weight is 356 g/mol. The Balaban J connectivity index is 0.00000312. The summed E-state index contributed by atoms with van der Waals surface area (Å²) in [6, 6.07) is 12.9. The third kappa shape index (κ3) is 5.02. The first-order valence-corrected chi connectivity index (χ1v) is 7.47. The minimum absolute atomic E-state index is 0. The monoisotopic (exact) mass is 356 g/mol. The van der Waals surface area contributed by atoms with E-state index in [1.54, 1.807) is 30.3 Å². The first-order chi connectivity index (χ1) is 11.3. The summed E-state index contributed by atoms with van der Waals surface area (Å²) in [4.78, 5) is 34.9. The summed E-state index contributed by atoms with van der Waals surface area (Å²) < 4.78 is 0. The van der Waals surface area contributed by atoms with Crippen molar-refractivity contribution in [3.8, 4) is 0 Å². The first-order valence-electron chi connectivity index (χ1n) is 7.47. The standard InChI is InChI=1S/C19H18O5.2CH4/c1-11(18(21)22)14-8-15(12(2)19(23)24)10-16(9-14)17(20)13-6-4-3-5-7-13;;/h3-12H,1-2H3,(H,21,22)(H,23,24);2*1H4/p-2. The lowest BCUT2D eigenvalue weighted by Crippen LogP contribution is -2.29. The molecule has 2 aromatic carbocycles. The van der Waals surface area contributed by atoms with Gasteiger partial charge in [0.1, 0.15) is 0 Å². The zero-order valence-corrected chi connectivity index (χ0v) is 13.3. The van der Waals surface area contributed by atoms with Crippen LogP contribution in [-0.2, 0) is 9.59 Å². The van der Waals surface area contributed by atoms with Crippen molar-refractivity contribution in [2.75, 3.05) is 0 Å². The van der Waals surface area contributed by atoms with E-state index in [0.29, 0.717) is 16.7 Å². The molecule has 0 amide bonds. The van der Waals surface area contributed by atoms with Gasteiger partial charge in [-0.1, -0.05) is 65.1 Å². The summed E-state index contributed by atoms with van der Waals surface area (Å²) in [5.41, 5.74) is 1.30. The lowest BCUT2D eigenvalue weighted by atomic mass is 9.89. The predicted octanol–water partition coefficient (Wildman–Crippen LogP) is 1.90. The van der Waals surface area contributed by atoms with Gasteiger partial charge in [-0.3, -0.25) is 4.79 Å². The Morgan fingerprint density at radius 1 is 0.731 bits per heavy atom. The van der Waals surface area contributed by atoms with E-state index < -0.39 is 23.8 Å². The normalized spacial score (nSPS) is 12.1. The quantitative estimate of drug-likeness (QED) is 0.736. The minimum atomic E-state index is -1.30. The second-order valence-corrected chi connectivity index (χ2v) is 5.66. The lowest BCUT2D eigenvalue weighted by Gasteiger charge is -2.19. The highest BCUT2D eigenvalue weighted by Crippen LogP contribution is 2.25. The van der Waals surface area contributed by atoms with Crippen LogP contribution in [-0.4, -0.2) is 17.7 Å². The number of hydrogen-bond donors (Lipinski definition) is 0. The largest absolute Gasteiger partial charge is 0.550 e. The number of rotatable bonds is 6. The third-order valence-electron chi connectivity index (χ3n) is 3.98. The van der Waals surface area contributed by atoms with Crippen LogP contribution in [0.5, 0.6) is 0 Å². The summed E-state index contributed by atoms with van der Waals surface area (Å²) in [6.45, 7) is 2.85. The van der Waals surface area contributed by atoms with Crippen LogP contribution < -0.4 is 10.2 Å². The average Bonchev–Trinajstić information content (AvgIpc) is 2.59. The number of carboxylic acids is 2. The molecule has 0 saturated carbocycles. The molecular formula is C21H24O5-2. The Hall–Kier alpha value is -2.95. The molecule has 0 heterocycles. The maximum Gasteiger partial charge on any atom is 0.193 e. The second-order valence-electron chi connectivity index (χ2n) is 5.66. The maximum absolute atomic E-state index is 12.6. The molecule has 0 fully saturated rings. The van der Waals surface area contributed by atoms with E-state index in [0.717, 1.165) is 0 Å². The fourth-order valence-electron chi connectivity index (χ4n) is 2.34. The summed E-state index contributed by atoms with van der Waals surface area (Å²) in [5, 5.41) is 22.3. The van der Waals surface area contributed by atoms with Crippen molar-refractivity contribution in [1.29, 1.82) is 0 Å². The molecule has 5 nitrogen and oxygen atoms in total. The zero-order chi connectivity index (χ0) is 17.9. The van der Waals surface area contributed by atoms with Gasteiger partial charge in [-0.2, -0.15) is 0 Å². The van der Waals surface area contributed by atoms with Crippen LogP contribution in [0.3, 0.4) is 0 Å². The molecule has 2 unspecified atom stereocenters.